The third kappa shape index (κ3) is 6.99. The zero-order valence-electron chi connectivity index (χ0n) is 21.8. The summed E-state index contributed by atoms with van der Waals surface area (Å²) in [5, 5.41) is 48.5. The van der Waals surface area contributed by atoms with E-state index in [4.69, 9.17) is 41.9 Å². The maximum atomic E-state index is 12.6. The Bertz CT molecular complexity index is 820. The van der Waals surface area contributed by atoms with E-state index in [9.17, 15) is 25.2 Å². The Kier molecular flexibility index (Phi) is 10.8. The summed E-state index contributed by atoms with van der Waals surface area (Å²) in [4.78, 5) is 12.6. The molecule has 15 heteroatoms. The molecule has 2 fully saturated rings. The van der Waals surface area contributed by atoms with Crippen LogP contribution in [0.1, 0.15) is 26.2 Å². The molecule has 0 aromatic carbocycles. The first kappa shape index (κ1) is 31.1. The van der Waals surface area contributed by atoms with E-state index in [0.29, 0.717) is 12.2 Å². The first-order valence-electron chi connectivity index (χ1n) is 12.9. The molecule has 0 aromatic heterocycles. The zero-order valence-corrected chi connectivity index (χ0v) is 21.8. The van der Waals surface area contributed by atoms with Gasteiger partial charge in [-0.25, -0.2) is 0 Å². The second-order valence-corrected chi connectivity index (χ2v) is 10.4. The van der Waals surface area contributed by atoms with Gasteiger partial charge in [0.1, 0.15) is 41.9 Å². The smallest absolute Gasteiger partial charge is 0.249 e. The average Bonchev–Trinajstić information content (AvgIpc) is 2.86. The minimum Gasteiger partial charge on any atom is -0.467 e. The van der Waals surface area contributed by atoms with Crippen LogP contribution in [0.25, 0.3) is 0 Å². The Labute approximate surface area is 221 Å². The van der Waals surface area contributed by atoms with Crippen LogP contribution in [-0.2, 0) is 23.7 Å². The lowest BCUT2D eigenvalue weighted by molar-refractivity contribution is -0.304. The summed E-state index contributed by atoms with van der Waals surface area (Å²) in [6, 6.07) is -3.06. The molecule has 1 saturated carbocycles. The predicted molar refractivity (Wildman–Crippen MR) is 134 cm³/mol. The fraction of sp³-hybridized carbons (Fsp3) is 0.870. The largest absolute Gasteiger partial charge is 0.467 e. The summed E-state index contributed by atoms with van der Waals surface area (Å²) in [5.74, 6) is -0.226. The first-order valence-corrected chi connectivity index (χ1v) is 12.9. The van der Waals surface area contributed by atoms with Crippen LogP contribution >= 0.6 is 0 Å². The Balaban J connectivity index is 1.82. The molecule has 2 unspecified atom stereocenters. The van der Waals surface area contributed by atoms with Gasteiger partial charge in [0.25, 0.3) is 0 Å². The molecule has 0 aromatic rings. The molecule has 38 heavy (non-hydrogen) atoms. The molecule has 1 amide bonds. The van der Waals surface area contributed by atoms with Crippen LogP contribution in [0.4, 0.5) is 0 Å². The Hall–Kier alpha value is -1.47. The summed E-state index contributed by atoms with van der Waals surface area (Å²) in [6.45, 7) is 1.56. The van der Waals surface area contributed by atoms with Crippen molar-refractivity contribution in [2.75, 3.05) is 26.7 Å². The number of aliphatic hydroxyl groups is 4. The molecule has 3 aliphatic rings. The van der Waals surface area contributed by atoms with E-state index in [1.807, 2.05) is 0 Å². The molecule has 2 heterocycles. The highest BCUT2D eigenvalue weighted by Crippen LogP contribution is 2.32. The van der Waals surface area contributed by atoms with Crippen molar-refractivity contribution in [1.29, 1.82) is 0 Å². The van der Waals surface area contributed by atoms with Gasteiger partial charge >= 0.3 is 0 Å². The minimum atomic E-state index is -1.44. The van der Waals surface area contributed by atoms with Crippen molar-refractivity contribution in [3.63, 3.8) is 0 Å². The fourth-order valence-electron chi connectivity index (χ4n) is 5.10. The number of carbonyl (C=O) groups is 1. The Morgan fingerprint density at radius 2 is 1.87 bits per heavy atom. The standard InChI is InChI=1S/C23H44N6O9/c1-23(34)9-35-22(16(32)19(23)28-2)38-18-13(29-20(33)14(30)5-6-24)7-12(27)17(15(18)31)37-21-11(26)4-3-10(8-25)36-21/h3,11-19,21-22,28,30-32,34H,4-9,24-27H2,1-2H3,(H,29,33)/t11-,12+,13-,14+,15+,16?,17-,18+,19-,21?,22-,23+/m1/s1. The molecule has 1 saturated heterocycles. The van der Waals surface area contributed by atoms with E-state index in [1.165, 1.54) is 6.92 Å². The van der Waals surface area contributed by atoms with Crippen molar-refractivity contribution in [3.8, 4) is 0 Å². The molecule has 0 spiro atoms. The maximum Gasteiger partial charge on any atom is 0.249 e. The molecule has 2 aliphatic heterocycles. The van der Waals surface area contributed by atoms with Crippen molar-refractivity contribution in [3.05, 3.63) is 11.8 Å². The molecule has 14 N–H and O–H groups in total. The number of carbonyl (C=O) groups excluding carboxylic acids is 1. The lowest BCUT2D eigenvalue weighted by Gasteiger charge is -2.48. The number of ether oxygens (including phenoxy) is 4. The number of nitrogens with two attached hydrogens (primary N) is 4. The monoisotopic (exact) mass is 548 g/mol. The molecule has 12 atom stereocenters. The van der Waals surface area contributed by atoms with Gasteiger partial charge in [-0.05, 0) is 45.9 Å². The second kappa shape index (κ2) is 13.3. The zero-order chi connectivity index (χ0) is 28.2. The van der Waals surface area contributed by atoms with Gasteiger partial charge in [-0.2, -0.15) is 0 Å². The molecule has 1 aliphatic carbocycles. The number of aliphatic hydroxyl groups excluding tert-OH is 3. The molecular formula is C23H44N6O9. The Morgan fingerprint density at radius 1 is 1.18 bits per heavy atom. The second-order valence-electron chi connectivity index (χ2n) is 10.4. The Morgan fingerprint density at radius 3 is 2.50 bits per heavy atom. The normalized spacial score (nSPS) is 42.6. The van der Waals surface area contributed by atoms with E-state index in [-0.39, 0.29) is 32.5 Å². The van der Waals surface area contributed by atoms with Crippen LogP contribution in [-0.4, -0.2) is 126 Å². The number of amides is 1. The summed E-state index contributed by atoms with van der Waals surface area (Å²) < 4.78 is 23.4. The van der Waals surface area contributed by atoms with Crippen LogP contribution in [0.3, 0.4) is 0 Å². The minimum absolute atomic E-state index is 0.0295. The molecule has 3 rings (SSSR count). The van der Waals surface area contributed by atoms with Crippen LogP contribution in [0.5, 0.6) is 0 Å². The van der Waals surface area contributed by atoms with Crippen molar-refractivity contribution >= 4 is 5.91 Å². The van der Waals surface area contributed by atoms with Gasteiger partial charge in [0.05, 0.1) is 31.3 Å². The highest BCUT2D eigenvalue weighted by molar-refractivity contribution is 5.80. The van der Waals surface area contributed by atoms with Gasteiger partial charge in [0.15, 0.2) is 6.29 Å². The van der Waals surface area contributed by atoms with Crippen LogP contribution in [0, 0.1) is 0 Å². The molecule has 220 valence electrons. The van der Waals surface area contributed by atoms with Crippen molar-refractivity contribution in [2.24, 2.45) is 22.9 Å². The van der Waals surface area contributed by atoms with E-state index < -0.39 is 78.8 Å². The quantitative estimate of drug-likeness (QED) is 0.123. The van der Waals surface area contributed by atoms with Gasteiger partial charge in [0.2, 0.25) is 12.2 Å². The summed E-state index contributed by atoms with van der Waals surface area (Å²) in [6.07, 6.45) is -6.30. The topological polar surface area (TPSA) is 263 Å². The van der Waals surface area contributed by atoms with Gasteiger partial charge in [-0.1, -0.05) is 0 Å². The van der Waals surface area contributed by atoms with Crippen molar-refractivity contribution in [2.45, 2.75) is 99.1 Å². The van der Waals surface area contributed by atoms with Crippen LogP contribution in [0.2, 0.25) is 0 Å². The number of hydrogen-bond acceptors (Lipinski definition) is 14. The van der Waals surface area contributed by atoms with E-state index in [2.05, 4.69) is 10.6 Å². The van der Waals surface area contributed by atoms with E-state index in [0.717, 1.165) is 0 Å². The maximum absolute atomic E-state index is 12.6. The van der Waals surface area contributed by atoms with Crippen molar-refractivity contribution in [1.82, 2.24) is 10.6 Å². The molecule has 0 radical (unpaired) electrons. The summed E-state index contributed by atoms with van der Waals surface area (Å²) in [7, 11) is 1.57. The third-order valence-corrected chi connectivity index (χ3v) is 7.25. The highest BCUT2D eigenvalue weighted by atomic mass is 16.7. The number of hydrogen-bond donors (Lipinski definition) is 10. The van der Waals surface area contributed by atoms with Gasteiger partial charge in [0, 0.05) is 6.04 Å². The van der Waals surface area contributed by atoms with Gasteiger partial charge in [-0.15, -0.1) is 0 Å². The SMILES string of the molecule is CN[C@@H]1C(O)[C@@H](O[C@@H]2[C@@H](O)[C@H](OC3OC(CN)=CC[C@H]3N)[C@@H](N)C[C@H]2NC(=O)[C@@H](O)CCN)OC[C@]1(C)O. The van der Waals surface area contributed by atoms with E-state index >= 15 is 0 Å². The summed E-state index contributed by atoms with van der Waals surface area (Å²) in [5.41, 5.74) is 22.3. The predicted octanol–water partition coefficient (Wildman–Crippen LogP) is -4.98. The molecule has 0 bridgehead atoms. The third-order valence-electron chi connectivity index (χ3n) is 7.25. The lowest BCUT2D eigenvalue weighted by atomic mass is 9.83. The van der Waals surface area contributed by atoms with E-state index in [1.54, 1.807) is 13.1 Å². The number of nitrogens with one attached hydrogen (secondary N) is 2. The lowest BCUT2D eigenvalue weighted by Crippen LogP contribution is -2.69. The summed E-state index contributed by atoms with van der Waals surface area (Å²) >= 11 is 0. The van der Waals surface area contributed by atoms with Crippen molar-refractivity contribution < 1.29 is 44.2 Å². The first-order chi connectivity index (χ1) is 17.9. The van der Waals surface area contributed by atoms with Gasteiger partial charge < -0.3 is 72.9 Å². The van der Waals surface area contributed by atoms with Gasteiger partial charge in [-0.3, -0.25) is 4.79 Å². The highest BCUT2D eigenvalue weighted by Gasteiger charge is 2.51. The molecular weight excluding hydrogens is 504 g/mol. The molecule has 15 nitrogen and oxygen atoms in total. The fourth-order valence-corrected chi connectivity index (χ4v) is 5.10. The van der Waals surface area contributed by atoms with Crippen LogP contribution in [0.15, 0.2) is 11.8 Å². The number of rotatable bonds is 10. The number of likely N-dealkylation sites (N-methyl/N-ethyl adjacent to an activating group) is 1. The average molecular weight is 549 g/mol. The van der Waals surface area contributed by atoms with Crippen LogP contribution < -0.4 is 33.6 Å².